The smallest absolute Gasteiger partial charge is 0.275 e. The van der Waals surface area contributed by atoms with E-state index in [1.807, 2.05) is 33.1 Å². The predicted molar refractivity (Wildman–Crippen MR) is 40.6 cm³/mol. The van der Waals surface area contributed by atoms with E-state index in [9.17, 15) is 4.79 Å². The summed E-state index contributed by atoms with van der Waals surface area (Å²) in [6.45, 7) is 6.43. The van der Waals surface area contributed by atoms with Gasteiger partial charge in [0.25, 0.3) is 5.91 Å². The number of likely N-dealkylation sites (N-methyl/N-ethyl adjacent to an activating group) is 1. The van der Waals surface area contributed by atoms with E-state index in [0.717, 1.165) is 0 Å². The first-order chi connectivity index (χ1) is 4.45. The van der Waals surface area contributed by atoms with E-state index < -0.39 is 0 Å². The second-order valence-electron chi connectivity index (χ2n) is 3.41. The zero-order valence-corrected chi connectivity index (χ0v) is 7.19. The maximum atomic E-state index is 10.9. The van der Waals surface area contributed by atoms with Gasteiger partial charge in [-0.15, -0.1) is 0 Å². The van der Waals surface area contributed by atoms with Crippen molar-refractivity contribution in [3.8, 4) is 0 Å². The molecule has 3 nitrogen and oxygen atoms in total. The number of hydrogen-bond acceptors (Lipinski definition) is 1. The summed E-state index contributed by atoms with van der Waals surface area (Å²) in [4.78, 5) is 10.9. The number of rotatable bonds is 2. The zero-order chi connectivity index (χ0) is 8.20. The van der Waals surface area contributed by atoms with Crippen LogP contribution in [0.4, 0.5) is 0 Å². The van der Waals surface area contributed by atoms with Gasteiger partial charge >= 0.3 is 0 Å². The summed E-state index contributed by atoms with van der Waals surface area (Å²) < 4.78 is 0. The van der Waals surface area contributed by atoms with E-state index in [0.29, 0.717) is 6.54 Å². The molecule has 10 heavy (non-hydrogen) atoms. The molecule has 0 aromatic carbocycles. The Morgan fingerprint density at radius 2 is 2.00 bits per heavy atom. The summed E-state index contributed by atoms with van der Waals surface area (Å²) in [7, 11) is 1.88. The van der Waals surface area contributed by atoms with Crippen LogP contribution in [0, 0.1) is 0 Å². The first kappa shape index (κ1) is 9.43. The summed E-state index contributed by atoms with van der Waals surface area (Å²) >= 11 is 0. The second-order valence-corrected chi connectivity index (χ2v) is 3.41. The lowest BCUT2D eigenvalue weighted by Crippen LogP contribution is -2.82. The zero-order valence-electron chi connectivity index (χ0n) is 7.19. The van der Waals surface area contributed by atoms with Gasteiger partial charge in [-0.2, -0.15) is 0 Å². The van der Waals surface area contributed by atoms with Crippen molar-refractivity contribution in [1.82, 2.24) is 5.32 Å². The van der Waals surface area contributed by atoms with Crippen LogP contribution in [0.2, 0.25) is 0 Å². The highest BCUT2D eigenvalue weighted by molar-refractivity contribution is 5.77. The van der Waals surface area contributed by atoms with Crippen LogP contribution in [0.1, 0.15) is 20.8 Å². The van der Waals surface area contributed by atoms with Crippen LogP contribution in [0.25, 0.3) is 0 Å². The Kier molecular flexibility index (Phi) is 3.36. The molecular weight excluding hydrogens is 128 g/mol. The molecule has 3 N–H and O–H groups in total. The van der Waals surface area contributed by atoms with E-state index in [1.165, 1.54) is 0 Å². The van der Waals surface area contributed by atoms with E-state index >= 15 is 0 Å². The molecule has 0 spiro atoms. The van der Waals surface area contributed by atoms with Gasteiger partial charge in [-0.05, 0) is 20.8 Å². The molecule has 0 aliphatic rings. The van der Waals surface area contributed by atoms with Crippen LogP contribution >= 0.6 is 0 Å². The Balaban J connectivity index is 3.58. The predicted octanol–water partition coefficient (Wildman–Crippen LogP) is -0.906. The Hall–Kier alpha value is -0.570. The molecule has 0 heterocycles. The number of nitrogens with one attached hydrogen (secondary N) is 1. The molecular formula is C7H17N2O+. The molecule has 0 bridgehead atoms. The average Bonchev–Trinajstić information content (AvgIpc) is 1.59. The minimum absolute atomic E-state index is 0.0926. The number of amides is 1. The van der Waals surface area contributed by atoms with Crippen molar-refractivity contribution in [2.75, 3.05) is 13.6 Å². The topological polar surface area (TPSA) is 45.7 Å². The van der Waals surface area contributed by atoms with Crippen molar-refractivity contribution in [2.45, 2.75) is 26.3 Å². The highest BCUT2D eigenvalue weighted by atomic mass is 16.2. The summed E-state index contributed by atoms with van der Waals surface area (Å²) in [5.74, 6) is 0.0926. The fraction of sp³-hybridized carbons (Fsp3) is 0.857. The lowest BCUT2D eigenvalue weighted by molar-refractivity contribution is -0.615. The molecule has 0 aliphatic carbocycles. The minimum Gasteiger partial charge on any atom is -0.347 e. The van der Waals surface area contributed by atoms with E-state index in [4.69, 9.17) is 0 Å². The second kappa shape index (κ2) is 3.56. The van der Waals surface area contributed by atoms with Gasteiger partial charge in [0, 0.05) is 5.54 Å². The SMILES string of the molecule is C[NH2+]CC(=O)NC(C)(C)C. The van der Waals surface area contributed by atoms with E-state index in [2.05, 4.69) is 5.32 Å². The molecule has 0 saturated heterocycles. The number of nitrogens with two attached hydrogens (primary N) is 1. The van der Waals surface area contributed by atoms with Crippen molar-refractivity contribution < 1.29 is 10.1 Å². The number of carbonyl (C=O) groups is 1. The summed E-state index contributed by atoms with van der Waals surface area (Å²) in [6, 6.07) is 0. The standard InChI is InChI=1S/C7H16N2O/c1-7(2,3)9-6(10)5-8-4/h8H,5H2,1-4H3,(H,9,10)/p+1. The van der Waals surface area contributed by atoms with Gasteiger partial charge in [0.05, 0.1) is 7.05 Å². The van der Waals surface area contributed by atoms with Gasteiger partial charge in [-0.1, -0.05) is 0 Å². The molecule has 0 fully saturated rings. The monoisotopic (exact) mass is 145 g/mol. The number of quaternary nitrogens is 1. The van der Waals surface area contributed by atoms with Crippen LogP contribution in [-0.4, -0.2) is 25.0 Å². The van der Waals surface area contributed by atoms with Gasteiger partial charge in [0.15, 0.2) is 6.54 Å². The Morgan fingerprint density at radius 1 is 1.50 bits per heavy atom. The third-order valence-corrected chi connectivity index (χ3v) is 0.904. The van der Waals surface area contributed by atoms with Gasteiger partial charge < -0.3 is 10.6 Å². The van der Waals surface area contributed by atoms with Crippen molar-refractivity contribution in [1.29, 1.82) is 0 Å². The highest BCUT2D eigenvalue weighted by Crippen LogP contribution is 1.96. The molecule has 0 saturated carbocycles. The largest absolute Gasteiger partial charge is 0.347 e. The summed E-state index contributed by atoms with van der Waals surface area (Å²) in [6.07, 6.45) is 0. The van der Waals surface area contributed by atoms with Crippen molar-refractivity contribution in [3.05, 3.63) is 0 Å². The number of hydrogen-bond donors (Lipinski definition) is 2. The molecule has 60 valence electrons. The lowest BCUT2D eigenvalue weighted by Gasteiger charge is -2.19. The highest BCUT2D eigenvalue weighted by Gasteiger charge is 2.13. The molecule has 0 aromatic rings. The molecule has 0 aliphatic heterocycles. The molecule has 0 aromatic heterocycles. The molecule has 0 atom stereocenters. The Bertz CT molecular complexity index is 115. The van der Waals surface area contributed by atoms with Crippen LogP contribution in [0.5, 0.6) is 0 Å². The van der Waals surface area contributed by atoms with Crippen molar-refractivity contribution in [2.24, 2.45) is 0 Å². The summed E-state index contributed by atoms with van der Waals surface area (Å²) in [5, 5.41) is 4.70. The molecule has 3 heteroatoms. The average molecular weight is 145 g/mol. The van der Waals surface area contributed by atoms with Gasteiger partial charge in [0.2, 0.25) is 0 Å². The molecule has 1 amide bonds. The normalized spacial score (nSPS) is 11.2. The molecule has 0 radical (unpaired) electrons. The maximum absolute atomic E-state index is 10.9. The van der Waals surface area contributed by atoms with Crippen LogP contribution in [0.3, 0.4) is 0 Å². The van der Waals surface area contributed by atoms with Crippen LogP contribution < -0.4 is 10.6 Å². The van der Waals surface area contributed by atoms with Crippen LogP contribution in [-0.2, 0) is 4.79 Å². The fourth-order valence-electron chi connectivity index (χ4n) is 0.655. The maximum Gasteiger partial charge on any atom is 0.275 e. The van der Waals surface area contributed by atoms with Gasteiger partial charge in [-0.25, -0.2) is 0 Å². The first-order valence-corrected chi connectivity index (χ1v) is 3.54. The van der Waals surface area contributed by atoms with Crippen molar-refractivity contribution in [3.63, 3.8) is 0 Å². The number of carbonyl (C=O) groups excluding carboxylic acids is 1. The Labute approximate surface area is 62.2 Å². The quantitative estimate of drug-likeness (QED) is 0.519. The van der Waals surface area contributed by atoms with E-state index in [-0.39, 0.29) is 11.4 Å². The van der Waals surface area contributed by atoms with Gasteiger partial charge in [-0.3, -0.25) is 4.79 Å². The lowest BCUT2D eigenvalue weighted by atomic mass is 10.1. The third kappa shape index (κ3) is 5.56. The van der Waals surface area contributed by atoms with Gasteiger partial charge in [0.1, 0.15) is 0 Å². The van der Waals surface area contributed by atoms with E-state index in [1.54, 1.807) is 0 Å². The van der Waals surface area contributed by atoms with Crippen LogP contribution in [0.15, 0.2) is 0 Å². The molecule has 0 unspecified atom stereocenters. The van der Waals surface area contributed by atoms with Crippen molar-refractivity contribution >= 4 is 5.91 Å². The Morgan fingerprint density at radius 3 is 2.30 bits per heavy atom. The molecule has 0 rings (SSSR count). The summed E-state index contributed by atoms with van der Waals surface area (Å²) in [5.41, 5.74) is -0.0971. The first-order valence-electron chi connectivity index (χ1n) is 3.54. The fourth-order valence-corrected chi connectivity index (χ4v) is 0.655. The third-order valence-electron chi connectivity index (χ3n) is 0.904. The minimum atomic E-state index is -0.0971.